The van der Waals surface area contributed by atoms with Crippen LogP contribution in [-0.2, 0) is 4.74 Å². The summed E-state index contributed by atoms with van der Waals surface area (Å²) in [5, 5.41) is 42.3. The van der Waals surface area contributed by atoms with Crippen LogP contribution in [0, 0.1) is 0 Å². The molecule has 3 aromatic heterocycles. The number of thioether (sulfide) groups is 1. The van der Waals surface area contributed by atoms with Gasteiger partial charge in [-0.25, -0.2) is 9.67 Å². The van der Waals surface area contributed by atoms with Gasteiger partial charge in [0, 0.05) is 22.7 Å². The van der Waals surface area contributed by atoms with Gasteiger partial charge in [0.1, 0.15) is 45.6 Å². The van der Waals surface area contributed by atoms with Crippen LogP contribution in [0.4, 0.5) is 0 Å². The third kappa shape index (κ3) is 4.42. The zero-order valence-corrected chi connectivity index (χ0v) is 17.7. The minimum Gasteiger partial charge on any atom is -0.394 e. The van der Waals surface area contributed by atoms with Crippen LogP contribution in [-0.4, -0.2) is 70.6 Å². The average Bonchev–Trinajstić information content (AvgIpc) is 3.33. The third-order valence-corrected chi connectivity index (χ3v) is 6.80. The largest absolute Gasteiger partial charge is 0.394 e. The number of aliphatic hydroxyl groups is 3. The van der Waals surface area contributed by atoms with Crippen LogP contribution in [0.3, 0.4) is 0 Å². The molecule has 1 saturated heterocycles. The summed E-state index contributed by atoms with van der Waals surface area (Å²) in [5.74, 6) is 0. The number of nitrogens with zero attached hydrogens (tertiary/aromatic N) is 5. The summed E-state index contributed by atoms with van der Waals surface area (Å²) in [6.07, 6.45) is 1.35. The van der Waals surface area contributed by atoms with Crippen molar-refractivity contribution in [1.82, 2.24) is 25.0 Å². The molecule has 5 atom stereocenters. The Balaban J connectivity index is 1.61. The lowest BCUT2D eigenvalue weighted by Crippen LogP contribution is -2.55. The lowest BCUT2D eigenvalue weighted by Gasteiger charge is -2.41. The van der Waals surface area contributed by atoms with Crippen molar-refractivity contribution in [3.63, 3.8) is 0 Å². The molecular formula is C16H15Cl2N5O4S2. The molecule has 1 aliphatic rings. The molecule has 1 aliphatic heterocycles. The summed E-state index contributed by atoms with van der Waals surface area (Å²) in [6.45, 7) is -0.432. The van der Waals surface area contributed by atoms with Gasteiger partial charge in [-0.3, -0.25) is 4.98 Å². The van der Waals surface area contributed by atoms with E-state index >= 15 is 0 Å². The molecule has 0 amide bonds. The van der Waals surface area contributed by atoms with Crippen molar-refractivity contribution in [2.45, 2.75) is 34.7 Å². The van der Waals surface area contributed by atoms with Crippen molar-refractivity contribution < 1.29 is 20.1 Å². The van der Waals surface area contributed by atoms with Crippen LogP contribution in [0.1, 0.15) is 6.04 Å². The van der Waals surface area contributed by atoms with E-state index in [0.29, 0.717) is 25.8 Å². The topological polar surface area (TPSA) is 126 Å². The molecular weight excluding hydrogens is 461 g/mol. The van der Waals surface area contributed by atoms with Crippen molar-refractivity contribution in [2.75, 3.05) is 6.61 Å². The molecule has 3 N–H and O–H groups in total. The molecule has 13 heteroatoms. The Kier molecular flexibility index (Phi) is 6.37. The Morgan fingerprint density at radius 1 is 1.24 bits per heavy atom. The van der Waals surface area contributed by atoms with Crippen LogP contribution < -0.4 is 0 Å². The van der Waals surface area contributed by atoms with Crippen molar-refractivity contribution >= 4 is 46.3 Å². The Morgan fingerprint density at radius 3 is 2.76 bits per heavy atom. The Morgan fingerprint density at radius 2 is 2.07 bits per heavy atom. The van der Waals surface area contributed by atoms with Gasteiger partial charge < -0.3 is 20.1 Å². The summed E-state index contributed by atoms with van der Waals surface area (Å²) in [7, 11) is 0. The highest BCUT2D eigenvalue weighted by Gasteiger charge is 2.46. The maximum absolute atomic E-state index is 10.9. The minimum atomic E-state index is -1.21. The lowest BCUT2D eigenvalue weighted by atomic mass is 9.97. The maximum Gasteiger partial charge on any atom is 0.147 e. The fourth-order valence-electron chi connectivity index (χ4n) is 2.96. The fourth-order valence-corrected chi connectivity index (χ4v) is 5.18. The highest BCUT2D eigenvalue weighted by molar-refractivity contribution is 7.99. The van der Waals surface area contributed by atoms with E-state index in [1.165, 1.54) is 34.0 Å². The number of hydrogen-bond acceptors (Lipinski definition) is 10. The molecule has 29 heavy (non-hydrogen) atoms. The van der Waals surface area contributed by atoms with Crippen molar-refractivity contribution in [1.29, 1.82) is 0 Å². The van der Waals surface area contributed by atoms with Crippen LogP contribution >= 0.6 is 46.3 Å². The van der Waals surface area contributed by atoms with E-state index < -0.39 is 36.4 Å². The number of thiazole rings is 1. The first-order chi connectivity index (χ1) is 14.0. The van der Waals surface area contributed by atoms with E-state index in [4.69, 9.17) is 27.9 Å². The molecule has 9 nitrogen and oxygen atoms in total. The first-order valence-electron chi connectivity index (χ1n) is 8.39. The lowest BCUT2D eigenvalue weighted by molar-refractivity contribution is -0.178. The van der Waals surface area contributed by atoms with Gasteiger partial charge in [0.15, 0.2) is 0 Å². The van der Waals surface area contributed by atoms with E-state index in [2.05, 4.69) is 20.3 Å². The Bertz CT molecular complexity index is 990. The molecule has 0 bridgehead atoms. The van der Waals surface area contributed by atoms with Gasteiger partial charge in [-0.15, -0.1) is 16.4 Å². The average molecular weight is 476 g/mol. The van der Waals surface area contributed by atoms with Crippen molar-refractivity contribution in [2.24, 2.45) is 0 Å². The smallest absolute Gasteiger partial charge is 0.147 e. The zero-order valence-electron chi connectivity index (χ0n) is 14.5. The van der Waals surface area contributed by atoms with Gasteiger partial charge >= 0.3 is 0 Å². The predicted octanol–water partition coefficient (Wildman–Crippen LogP) is 1.88. The number of halogens is 2. The molecule has 2 unspecified atom stereocenters. The standard InChI is InChI=1S/C16H15Cl2N5O4S2/c17-7-1-8(3-19-2-7)29-16-14(26)12(13(25)10(5-24)27-16)23-4-9(21-22-23)15-20-11(18)6-28-15/h1-4,6,10,12-14,16,24-26H,5H2/t10?,12-,13-,14?,16+/m0/s1. The first kappa shape index (κ1) is 20.9. The molecule has 0 saturated carbocycles. The van der Waals surface area contributed by atoms with Gasteiger partial charge in [-0.2, -0.15) is 0 Å². The van der Waals surface area contributed by atoms with Crippen LogP contribution in [0.25, 0.3) is 10.7 Å². The molecule has 154 valence electrons. The summed E-state index contributed by atoms with van der Waals surface area (Å²) in [5.41, 5.74) is -0.348. The zero-order chi connectivity index (χ0) is 20.5. The number of ether oxygens (including phenoxy) is 1. The van der Waals surface area contributed by atoms with Crippen LogP contribution in [0.2, 0.25) is 10.2 Å². The molecule has 4 rings (SSSR count). The number of rotatable bonds is 5. The third-order valence-electron chi connectivity index (χ3n) is 4.29. The molecule has 0 aromatic carbocycles. The minimum absolute atomic E-state index is 0.345. The van der Waals surface area contributed by atoms with Crippen LogP contribution in [0.15, 0.2) is 34.9 Å². The number of hydrogen-bond donors (Lipinski definition) is 3. The Labute approximate surface area is 183 Å². The van der Waals surface area contributed by atoms with Gasteiger partial charge in [0.2, 0.25) is 0 Å². The molecule has 1 fully saturated rings. The number of pyridine rings is 1. The number of aromatic nitrogens is 5. The first-order valence-corrected chi connectivity index (χ1v) is 10.9. The summed E-state index contributed by atoms with van der Waals surface area (Å²) >= 11 is 14.3. The quantitative estimate of drug-likeness (QED) is 0.506. The Hall–Kier alpha value is -1.31. The van der Waals surface area contributed by atoms with E-state index in [9.17, 15) is 15.3 Å². The fraction of sp³-hybridized carbons (Fsp3) is 0.375. The molecule has 4 heterocycles. The van der Waals surface area contributed by atoms with Crippen LogP contribution in [0.5, 0.6) is 0 Å². The summed E-state index contributed by atoms with van der Waals surface area (Å²) < 4.78 is 7.06. The molecule has 0 aliphatic carbocycles. The normalized spacial score (nSPS) is 27.3. The maximum atomic E-state index is 10.9. The SMILES string of the molecule is OCC1O[C@H](Sc2cncc(Cl)c2)C(O)[C@@H](n2cc(-c3nc(Cl)cs3)nn2)[C@H]1O. The van der Waals surface area contributed by atoms with Gasteiger partial charge in [0.05, 0.1) is 17.8 Å². The highest BCUT2D eigenvalue weighted by atomic mass is 35.5. The van der Waals surface area contributed by atoms with E-state index in [1.54, 1.807) is 23.8 Å². The second-order valence-corrected chi connectivity index (χ2v) is 9.07. The summed E-state index contributed by atoms with van der Waals surface area (Å²) in [6, 6.07) is 0.783. The molecule has 3 aromatic rings. The van der Waals surface area contributed by atoms with Gasteiger partial charge in [0.25, 0.3) is 0 Å². The molecule has 0 spiro atoms. The molecule has 0 radical (unpaired) electrons. The van der Waals surface area contributed by atoms with Crippen molar-refractivity contribution in [3.05, 3.63) is 40.2 Å². The highest BCUT2D eigenvalue weighted by Crippen LogP contribution is 2.38. The van der Waals surface area contributed by atoms with E-state index in [0.717, 1.165) is 0 Å². The van der Waals surface area contributed by atoms with Gasteiger partial charge in [-0.1, -0.05) is 40.2 Å². The van der Waals surface area contributed by atoms with Crippen molar-refractivity contribution in [3.8, 4) is 10.7 Å². The van der Waals surface area contributed by atoms with Gasteiger partial charge in [-0.05, 0) is 6.07 Å². The van der Waals surface area contributed by atoms with E-state index in [-0.39, 0.29) is 0 Å². The second-order valence-electron chi connectivity index (χ2n) is 6.21. The monoisotopic (exact) mass is 475 g/mol. The second kappa shape index (κ2) is 8.82. The van der Waals surface area contributed by atoms with E-state index in [1.807, 2.05) is 0 Å². The number of aliphatic hydroxyl groups excluding tert-OH is 3. The predicted molar refractivity (Wildman–Crippen MR) is 108 cm³/mol. The summed E-state index contributed by atoms with van der Waals surface area (Å²) in [4.78, 5) is 8.83.